The van der Waals surface area contributed by atoms with Crippen LogP contribution in [0, 0.1) is 19.8 Å². The lowest BCUT2D eigenvalue weighted by Gasteiger charge is -2.44. The van der Waals surface area contributed by atoms with Crippen LogP contribution in [0.5, 0.6) is 0 Å². The highest BCUT2D eigenvalue weighted by molar-refractivity contribution is 5.87. The topological polar surface area (TPSA) is 49.9 Å². The molecular formula is C37H48N2O3. The van der Waals surface area contributed by atoms with Crippen LogP contribution in [-0.4, -0.2) is 60.5 Å². The molecule has 2 aliphatic rings. The summed E-state index contributed by atoms with van der Waals surface area (Å²) >= 11 is 0. The van der Waals surface area contributed by atoms with Crippen molar-refractivity contribution in [2.75, 3.05) is 32.8 Å². The van der Waals surface area contributed by atoms with Crippen LogP contribution in [0.3, 0.4) is 0 Å². The van der Waals surface area contributed by atoms with Gasteiger partial charge in [-0.1, -0.05) is 104 Å². The Balaban J connectivity index is 0.00000198. The highest BCUT2D eigenvalue weighted by Gasteiger charge is 2.40. The molecule has 0 bridgehead atoms. The summed E-state index contributed by atoms with van der Waals surface area (Å²) in [5.41, 5.74) is 5.69. The number of hydrogen-bond donors (Lipinski definition) is 0. The number of carbonyl (C=O) groups excluding carboxylic acids is 2. The first kappa shape index (κ1) is 31.5. The molecule has 5 nitrogen and oxygen atoms in total. The van der Waals surface area contributed by atoms with Crippen LogP contribution >= 0.6 is 0 Å². The highest BCUT2D eigenvalue weighted by Crippen LogP contribution is 2.36. The molecule has 42 heavy (non-hydrogen) atoms. The minimum Gasteiger partial charge on any atom is -0.466 e. The molecule has 1 amide bonds. The molecule has 0 N–H and O–H groups in total. The van der Waals surface area contributed by atoms with Crippen molar-refractivity contribution in [3.63, 3.8) is 0 Å². The standard InChI is InChI=1S/C35H42N2O3.C2H6/c1-4-40-35(39)32-24-37(23-20-31(32)27-8-6-5-7-9-27)30-18-21-36(22-19-30)34(38)33(28-14-10-25(2)11-15-28)29-16-12-26(3)13-17-29;1-2/h5-17,30-33H,4,18-24H2,1-3H3;1-2H3/t31-,32-;/m0./s1. The fraction of sp³-hybridized carbons (Fsp3) is 0.459. The predicted molar refractivity (Wildman–Crippen MR) is 171 cm³/mol. The molecule has 5 rings (SSSR count). The zero-order valence-corrected chi connectivity index (χ0v) is 26.1. The first-order chi connectivity index (χ1) is 20.4. The fourth-order valence-corrected chi connectivity index (χ4v) is 6.53. The van der Waals surface area contributed by atoms with Gasteiger partial charge in [0.1, 0.15) is 0 Å². The number of nitrogens with zero attached hydrogens (tertiary/aromatic N) is 2. The third-order valence-corrected chi connectivity index (χ3v) is 8.82. The third kappa shape index (κ3) is 7.49. The van der Waals surface area contributed by atoms with Gasteiger partial charge in [-0.25, -0.2) is 0 Å². The molecule has 2 heterocycles. The molecule has 2 fully saturated rings. The molecule has 2 saturated heterocycles. The second-order valence-electron chi connectivity index (χ2n) is 11.5. The molecule has 5 heteroatoms. The van der Waals surface area contributed by atoms with Crippen LogP contribution in [-0.2, 0) is 14.3 Å². The second kappa shape index (κ2) is 15.2. The van der Waals surface area contributed by atoms with Crippen molar-refractivity contribution >= 4 is 11.9 Å². The van der Waals surface area contributed by atoms with E-state index in [1.807, 2.05) is 26.8 Å². The summed E-state index contributed by atoms with van der Waals surface area (Å²) in [7, 11) is 0. The van der Waals surface area contributed by atoms with Crippen molar-refractivity contribution in [3.8, 4) is 0 Å². The Morgan fingerprint density at radius 3 is 1.86 bits per heavy atom. The van der Waals surface area contributed by atoms with Gasteiger partial charge >= 0.3 is 5.97 Å². The van der Waals surface area contributed by atoms with Gasteiger partial charge in [-0.15, -0.1) is 0 Å². The SMILES string of the molecule is CC.CCOC(=O)[C@H]1CN(C2CCN(C(=O)C(c3ccc(C)cc3)c3ccc(C)cc3)CC2)CC[C@H]1c1ccccc1. The lowest BCUT2D eigenvalue weighted by Crippen LogP contribution is -2.52. The van der Waals surface area contributed by atoms with E-state index in [1.54, 1.807) is 0 Å². The van der Waals surface area contributed by atoms with Crippen LogP contribution in [0.1, 0.15) is 79.7 Å². The summed E-state index contributed by atoms with van der Waals surface area (Å²) < 4.78 is 5.52. The van der Waals surface area contributed by atoms with Gasteiger partial charge < -0.3 is 9.64 Å². The van der Waals surface area contributed by atoms with E-state index in [-0.39, 0.29) is 29.6 Å². The first-order valence-electron chi connectivity index (χ1n) is 15.8. The van der Waals surface area contributed by atoms with Crippen LogP contribution in [0.2, 0.25) is 0 Å². The molecule has 0 radical (unpaired) electrons. The van der Waals surface area contributed by atoms with E-state index in [4.69, 9.17) is 4.74 Å². The van der Waals surface area contributed by atoms with Gasteiger partial charge in [-0.05, 0) is 69.2 Å². The Bertz CT molecular complexity index is 1220. The molecule has 0 aromatic heterocycles. The monoisotopic (exact) mass is 568 g/mol. The molecular weight excluding hydrogens is 520 g/mol. The molecule has 224 valence electrons. The van der Waals surface area contributed by atoms with Crippen LogP contribution in [0.25, 0.3) is 0 Å². The van der Waals surface area contributed by atoms with Gasteiger partial charge in [0.15, 0.2) is 0 Å². The number of amides is 1. The van der Waals surface area contributed by atoms with E-state index in [9.17, 15) is 9.59 Å². The molecule has 2 atom stereocenters. The molecule has 3 aromatic carbocycles. The van der Waals surface area contributed by atoms with E-state index < -0.39 is 0 Å². The highest BCUT2D eigenvalue weighted by atomic mass is 16.5. The van der Waals surface area contributed by atoms with Gasteiger partial charge in [-0.3, -0.25) is 14.5 Å². The summed E-state index contributed by atoms with van der Waals surface area (Å²) in [5.74, 6) is -0.190. The molecule has 0 unspecified atom stereocenters. The van der Waals surface area contributed by atoms with Gasteiger partial charge in [0.25, 0.3) is 0 Å². The predicted octanol–water partition coefficient (Wildman–Crippen LogP) is 7.12. The normalized spacial score (nSPS) is 19.6. The summed E-state index contributed by atoms with van der Waals surface area (Å²) in [5, 5.41) is 0. The minimum atomic E-state index is -0.299. The lowest BCUT2D eigenvalue weighted by molar-refractivity contribution is -0.151. The number of rotatable bonds is 7. The molecule has 0 spiro atoms. The molecule has 0 aliphatic carbocycles. The summed E-state index contributed by atoms with van der Waals surface area (Å²) in [6, 6.07) is 27.5. The maximum absolute atomic E-state index is 14.0. The number of ether oxygens (including phenoxy) is 1. The van der Waals surface area contributed by atoms with E-state index in [1.165, 1.54) is 16.7 Å². The Morgan fingerprint density at radius 2 is 1.33 bits per heavy atom. The minimum absolute atomic E-state index is 0.0901. The van der Waals surface area contributed by atoms with Crippen LogP contribution in [0.4, 0.5) is 0 Å². The Kier molecular flexibility index (Phi) is 11.4. The maximum atomic E-state index is 14.0. The van der Waals surface area contributed by atoms with Crippen molar-refractivity contribution < 1.29 is 14.3 Å². The number of piperidine rings is 2. The van der Waals surface area contributed by atoms with Gasteiger partial charge in [0, 0.05) is 25.7 Å². The summed E-state index contributed by atoms with van der Waals surface area (Å²) in [4.78, 5) is 31.6. The van der Waals surface area contributed by atoms with Crippen molar-refractivity contribution in [2.45, 2.75) is 71.8 Å². The van der Waals surface area contributed by atoms with Crippen molar-refractivity contribution in [3.05, 3.63) is 107 Å². The van der Waals surface area contributed by atoms with Gasteiger partial charge in [0.2, 0.25) is 5.91 Å². The number of likely N-dealkylation sites (tertiary alicyclic amines) is 2. The van der Waals surface area contributed by atoms with E-state index >= 15 is 0 Å². The fourth-order valence-electron chi connectivity index (χ4n) is 6.53. The summed E-state index contributed by atoms with van der Waals surface area (Å²) in [6.45, 7) is 13.6. The Labute approximate surface area is 252 Å². The lowest BCUT2D eigenvalue weighted by atomic mass is 9.79. The number of carbonyl (C=O) groups is 2. The number of esters is 1. The zero-order valence-electron chi connectivity index (χ0n) is 26.1. The van der Waals surface area contributed by atoms with E-state index in [0.29, 0.717) is 19.2 Å². The molecule has 3 aromatic rings. The quantitative estimate of drug-likeness (QED) is 0.285. The largest absolute Gasteiger partial charge is 0.466 e. The zero-order chi connectivity index (χ0) is 30.1. The van der Waals surface area contributed by atoms with Crippen LogP contribution < -0.4 is 0 Å². The summed E-state index contributed by atoms with van der Waals surface area (Å²) in [6.07, 6.45) is 2.78. The van der Waals surface area contributed by atoms with E-state index in [0.717, 1.165) is 50.0 Å². The number of benzene rings is 3. The third-order valence-electron chi connectivity index (χ3n) is 8.82. The van der Waals surface area contributed by atoms with Crippen LogP contribution in [0.15, 0.2) is 78.9 Å². The Morgan fingerprint density at radius 1 is 0.786 bits per heavy atom. The second-order valence-corrected chi connectivity index (χ2v) is 11.5. The Hall–Kier alpha value is -3.44. The maximum Gasteiger partial charge on any atom is 0.310 e. The average Bonchev–Trinajstić information content (AvgIpc) is 3.04. The van der Waals surface area contributed by atoms with Crippen molar-refractivity contribution in [2.24, 2.45) is 5.92 Å². The number of hydrogen-bond acceptors (Lipinski definition) is 4. The van der Waals surface area contributed by atoms with E-state index in [2.05, 4.69) is 96.4 Å². The van der Waals surface area contributed by atoms with Crippen molar-refractivity contribution in [1.82, 2.24) is 9.80 Å². The molecule has 2 aliphatic heterocycles. The molecule has 0 saturated carbocycles. The average molecular weight is 569 g/mol. The smallest absolute Gasteiger partial charge is 0.310 e. The number of aryl methyl sites for hydroxylation is 2. The van der Waals surface area contributed by atoms with Gasteiger partial charge in [-0.2, -0.15) is 0 Å². The van der Waals surface area contributed by atoms with Crippen molar-refractivity contribution in [1.29, 1.82) is 0 Å². The first-order valence-corrected chi connectivity index (χ1v) is 15.8. The van der Waals surface area contributed by atoms with Gasteiger partial charge in [0.05, 0.1) is 18.4 Å².